The maximum absolute atomic E-state index is 12.8. The van der Waals surface area contributed by atoms with Gasteiger partial charge in [0.1, 0.15) is 0 Å². The topological polar surface area (TPSA) is 116 Å². The number of aryl methyl sites for hydroxylation is 2. The van der Waals surface area contributed by atoms with Gasteiger partial charge < -0.3 is 20.1 Å². The predicted octanol–water partition coefficient (Wildman–Crippen LogP) is 8.51. The number of carbonyl (C=O) groups excluding carboxylic acids is 1. The summed E-state index contributed by atoms with van der Waals surface area (Å²) in [5, 5.41) is 30.5. The number of nitrogens with zero attached hydrogens (tertiary/aromatic N) is 3. The Balaban J connectivity index is 1.45. The van der Waals surface area contributed by atoms with E-state index in [2.05, 4.69) is 15.5 Å². The number of thioether (sulfide) groups is 1. The zero-order valence-electron chi connectivity index (χ0n) is 22.0. The molecule has 0 aliphatic rings. The highest BCUT2D eigenvalue weighted by Crippen LogP contribution is 2.41. The molecule has 0 unspecified atom stereocenters. The third-order valence-corrected chi connectivity index (χ3v) is 7.29. The monoisotopic (exact) mass is 584 g/mol. The quantitative estimate of drug-likeness (QED) is 0.0982. The fourth-order valence-electron chi connectivity index (χ4n) is 4.21. The van der Waals surface area contributed by atoms with Gasteiger partial charge in [-0.25, -0.2) is 9.59 Å². The molecule has 12 heteroatoms. The first-order valence-corrected chi connectivity index (χ1v) is 13.8. The zero-order chi connectivity index (χ0) is 29.6. The molecule has 0 fully saturated rings. The van der Waals surface area contributed by atoms with Gasteiger partial charge in [-0.2, -0.15) is 13.2 Å². The van der Waals surface area contributed by atoms with Crippen LogP contribution in [0, 0.1) is 0 Å². The van der Waals surface area contributed by atoms with Crippen LogP contribution in [0.2, 0.25) is 0 Å². The molecule has 0 radical (unpaired) electrons. The Hall–Kier alpha value is -4.32. The van der Waals surface area contributed by atoms with Crippen molar-refractivity contribution in [3.05, 3.63) is 83.4 Å². The van der Waals surface area contributed by atoms with Crippen LogP contribution in [0.5, 0.6) is 5.88 Å². The molecule has 3 N–H and O–H groups in total. The van der Waals surface area contributed by atoms with E-state index in [1.54, 1.807) is 28.5 Å². The summed E-state index contributed by atoms with van der Waals surface area (Å²) in [7, 11) is 0. The number of alkyl halides is 3. The van der Waals surface area contributed by atoms with Gasteiger partial charge in [-0.15, -0.1) is 16.9 Å². The number of nitrogens with one attached hydrogen (secondary N) is 1. The van der Waals surface area contributed by atoms with Crippen molar-refractivity contribution >= 4 is 46.0 Å². The SMILES string of the molecule is CCCn1c(O)c(N=NC(=O)Nc2ccc(C(F)(F)F)cc2)c2cc(SCCCc3ccc(C(=O)O)cc3)ccc21. The number of rotatable bonds is 10. The van der Waals surface area contributed by atoms with E-state index in [9.17, 15) is 27.9 Å². The summed E-state index contributed by atoms with van der Waals surface area (Å²) in [6, 6.07) is 15.5. The number of aromatic hydroxyl groups is 1. The lowest BCUT2D eigenvalue weighted by atomic mass is 10.1. The van der Waals surface area contributed by atoms with Crippen molar-refractivity contribution in [2.45, 2.75) is 43.8 Å². The summed E-state index contributed by atoms with van der Waals surface area (Å²) in [6.45, 7) is 2.48. The second-order valence-corrected chi connectivity index (χ2v) is 10.3. The van der Waals surface area contributed by atoms with E-state index in [4.69, 9.17) is 5.11 Å². The van der Waals surface area contributed by atoms with Crippen LogP contribution >= 0.6 is 11.8 Å². The molecule has 1 heterocycles. The van der Waals surface area contributed by atoms with Gasteiger partial charge in [0.05, 0.1) is 16.6 Å². The number of aromatic carboxylic acids is 1. The highest BCUT2D eigenvalue weighted by molar-refractivity contribution is 7.99. The number of aromatic nitrogens is 1. The number of amides is 2. The first kappa shape index (κ1) is 29.7. The molecule has 4 rings (SSSR count). The molecule has 0 atom stereocenters. The molecule has 0 aliphatic heterocycles. The van der Waals surface area contributed by atoms with Crippen LogP contribution in [-0.2, 0) is 19.1 Å². The van der Waals surface area contributed by atoms with Gasteiger partial charge >= 0.3 is 18.2 Å². The second kappa shape index (κ2) is 12.9. The molecule has 0 saturated carbocycles. The summed E-state index contributed by atoms with van der Waals surface area (Å²) < 4.78 is 40.0. The van der Waals surface area contributed by atoms with Gasteiger partial charge in [-0.05, 0) is 85.2 Å². The van der Waals surface area contributed by atoms with Crippen LogP contribution in [-0.4, -0.2) is 32.5 Å². The molecule has 0 bridgehead atoms. The number of anilines is 1. The molecule has 0 aliphatic carbocycles. The number of hydrogen-bond donors (Lipinski definition) is 3. The molecular weight excluding hydrogens is 557 g/mol. The van der Waals surface area contributed by atoms with E-state index < -0.39 is 23.7 Å². The number of carbonyl (C=O) groups is 2. The Morgan fingerprint density at radius 1 is 1.02 bits per heavy atom. The number of carboxylic acid groups (broad SMARTS) is 1. The minimum atomic E-state index is -4.49. The van der Waals surface area contributed by atoms with Crippen molar-refractivity contribution in [3.63, 3.8) is 0 Å². The van der Waals surface area contributed by atoms with Crippen molar-refractivity contribution < 1.29 is 33.0 Å². The lowest BCUT2D eigenvalue weighted by molar-refractivity contribution is -0.137. The summed E-state index contributed by atoms with van der Waals surface area (Å²) >= 11 is 1.61. The minimum Gasteiger partial charge on any atom is -0.493 e. The lowest BCUT2D eigenvalue weighted by Crippen LogP contribution is -2.07. The summed E-state index contributed by atoms with van der Waals surface area (Å²) in [4.78, 5) is 24.3. The molecule has 1 aromatic heterocycles. The normalized spacial score (nSPS) is 11.8. The van der Waals surface area contributed by atoms with E-state index >= 15 is 0 Å². The van der Waals surface area contributed by atoms with Crippen LogP contribution in [0.25, 0.3) is 10.9 Å². The number of halogens is 3. The van der Waals surface area contributed by atoms with E-state index in [1.807, 2.05) is 37.3 Å². The Morgan fingerprint density at radius 2 is 1.73 bits per heavy atom. The van der Waals surface area contributed by atoms with Crippen molar-refractivity contribution in [2.24, 2.45) is 10.2 Å². The van der Waals surface area contributed by atoms with Gasteiger partial charge in [0, 0.05) is 22.5 Å². The van der Waals surface area contributed by atoms with Gasteiger partial charge in [0.25, 0.3) is 0 Å². The average Bonchev–Trinajstić information content (AvgIpc) is 3.20. The molecule has 41 heavy (non-hydrogen) atoms. The molecule has 3 aromatic carbocycles. The zero-order valence-corrected chi connectivity index (χ0v) is 22.8. The molecule has 0 saturated heterocycles. The fourth-order valence-corrected chi connectivity index (χ4v) is 5.10. The number of urea groups is 1. The highest BCUT2D eigenvalue weighted by atomic mass is 32.2. The molecule has 4 aromatic rings. The minimum absolute atomic E-state index is 0.121. The standard InChI is InChI=1S/C29H27F3N4O4S/c1-2-15-36-24-14-13-22(41-16-3-4-18-5-7-19(8-6-18)27(38)39)17-23(24)25(26(36)37)34-35-28(40)33-21-11-9-20(10-12-21)29(30,31)32/h5-14,17,37H,2-4,15-16H2,1H3,(H,33,40)(H,38,39). The fraction of sp³-hybridized carbons (Fsp3) is 0.241. The van der Waals surface area contributed by atoms with Gasteiger partial charge in [0.15, 0.2) is 5.69 Å². The number of hydrogen-bond acceptors (Lipinski definition) is 5. The van der Waals surface area contributed by atoms with Crippen LogP contribution in [0.3, 0.4) is 0 Å². The predicted molar refractivity (Wildman–Crippen MR) is 151 cm³/mol. The van der Waals surface area contributed by atoms with Crippen LogP contribution in [0.1, 0.15) is 41.3 Å². The summed E-state index contributed by atoms with van der Waals surface area (Å²) in [5.41, 5.74) is 1.43. The van der Waals surface area contributed by atoms with Gasteiger partial charge in [0.2, 0.25) is 5.88 Å². The number of azo groups is 1. The lowest BCUT2D eigenvalue weighted by Gasteiger charge is -2.07. The molecule has 2 amide bonds. The molecule has 214 valence electrons. The average molecular weight is 585 g/mol. The smallest absolute Gasteiger partial charge is 0.416 e. The first-order valence-electron chi connectivity index (χ1n) is 12.8. The van der Waals surface area contributed by atoms with Crippen LogP contribution in [0.15, 0.2) is 81.9 Å². The van der Waals surface area contributed by atoms with Crippen molar-refractivity contribution in [3.8, 4) is 5.88 Å². The van der Waals surface area contributed by atoms with Crippen molar-refractivity contribution in [1.29, 1.82) is 0 Å². The summed E-state index contributed by atoms with van der Waals surface area (Å²) in [5.74, 6) is -0.305. The Kier molecular flexibility index (Phi) is 9.33. The van der Waals surface area contributed by atoms with Crippen LogP contribution in [0.4, 0.5) is 29.3 Å². The molecule has 8 nitrogen and oxygen atoms in total. The number of fused-ring (bicyclic) bond motifs is 1. The third kappa shape index (κ3) is 7.46. The van der Waals surface area contributed by atoms with E-state index in [0.29, 0.717) is 11.9 Å². The van der Waals surface area contributed by atoms with Crippen molar-refractivity contribution in [1.82, 2.24) is 4.57 Å². The maximum atomic E-state index is 12.8. The van der Waals surface area contributed by atoms with Crippen LogP contribution < -0.4 is 5.32 Å². The largest absolute Gasteiger partial charge is 0.493 e. The van der Waals surface area contributed by atoms with E-state index in [-0.39, 0.29) is 22.8 Å². The Morgan fingerprint density at radius 3 is 2.37 bits per heavy atom. The van der Waals surface area contributed by atoms with Gasteiger partial charge in [-0.3, -0.25) is 0 Å². The van der Waals surface area contributed by atoms with Gasteiger partial charge in [-0.1, -0.05) is 24.2 Å². The summed E-state index contributed by atoms with van der Waals surface area (Å²) in [6.07, 6.45) is -2.10. The first-order chi connectivity index (χ1) is 19.6. The highest BCUT2D eigenvalue weighted by Gasteiger charge is 2.30. The van der Waals surface area contributed by atoms with Crippen molar-refractivity contribution in [2.75, 3.05) is 11.1 Å². The maximum Gasteiger partial charge on any atom is 0.416 e. The Bertz CT molecular complexity index is 1570. The molecule has 0 spiro atoms. The number of benzene rings is 3. The Labute approximate surface area is 237 Å². The number of carboxylic acids is 1. The molecular formula is C29H27F3N4O4S. The third-order valence-electron chi connectivity index (χ3n) is 6.21. The van der Waals surface area contributed by atoms with E-state index in [1.165, 1.54) is 0 Å². The second-order valence-electron chi connectivity index (χ2n) is 9.16. The van der Waals surface area contributed by atoms with E-state index in [0.717, 1.165) is 65.3 Å².